The molecular formula is C16H18ClNO. The molecule has 0 aromatic heterocycles. The summed E-state index contributed by atoms with van der Waals surface area (Å²) in [6.07, 6.45) is -0.545. The van der Waals surface area contributed by atoms with Crippen LogP contribution < -0.4 is 5.32 Å². The largest absolute Gasteiger partial charge is 0.387 e. The van der Waals surface area contributed by atoms with E-state index in [1.54, 1.807) is 0 Å². The van der Waals surface area contributed by atoms with Crippen LogP contribution >= 0.6 is 11.6 Å². The third kappa shape index (κ3) is 3.49. The summed E-state index contributed by atoms with van der Waals surface area (Å²) in [6, 6.07) is 13.6. The van der Waals surface area contributed by atoms with Gasteiger partial charge in [0.1, 0.15) is 0 Å². The molecule has 19 heavy (non-hydrogen) atoms. The Bertz CT molecular complexity index is 568. The highest BCUT2D eigenvalue weighted by Crippen LogP contribution is 2.23. The summed E-state index contributed by atoms with van der Waals surface area (Å²) in [6.45, 7) is 4.47. The SMILES string of the molecule is Cc1ccc(C)c(C(O)CNc2ccccc2Cl)c1. The highest BCUT2D eigenvalue weighted by Gasteiger charge is 2.11. The zero-order valence-corrected chi connectivity index (χ0v) is 11.9. The van der Waals surface area contributed by atoms with E-state index in [1.165, 1.54) is 0 Å². The summed E-state index contributed by atoms with van der Waals surface area (Å²) in [4.78, 5) is 0. The lowest BCUT2D eigenvalue weighted by atomic mass is 10.0. The van der Waals surface area contributed by atoms with Crippen molar-refractivity contribution in [3.05, 3.63) is 64.2 Å². The predicted molar refractivity (Wildman–Crippen MR) is 80.8 cm³/mol. The Kier molecular flexibility index (Phi) is 4.46. The monoisotopic (exact) mass is 275 g/mol. The molecule has 0 bridgehead atoms. The molecule has 1 unspecified atom stereocenters. The predicted octanol–water partition coefficient (Wildman–Crippen LogP) is 4.10. The van der Waals surface area contributed by atoms with E-state index < -0.39 is 6.10 Å². The van der Waals surface area contributed by atoms with Gasteiger partial charge < -0.3 is 10.4 Å². The van der Waals surface area contributed by atoms with Crippen molar-refractivity contribution >= 4 is 17.3 Å². The van der Waals surface area contributed by atoms with Crippen molar-refractivity contribution in [2.75, 3.05) is 11.9 Å². The van der Waals surface area contributed by atoms with Crippen LogP contribution in [-0.2, 0) is 0 Å². The van der Waals surface area contributed by atoms with Gasteiger partial charge in [0.25, 0.3) is 0 Å². The topological polar surface area (TPSA) is 32.3 Å². The first kappa shape index (κ1) is 13.9. The molecule has 1 atom stereocenters. The molecule has 0 spiro atoms. The maximum absolute atomic E-state index is 10.3. The molecule has 2 aromatic rings. The lowest BCUT2D eigenvalue weighted by Crippen LogP contribution is -2.13. The number of aliphatic hydroxyl groups excluding tert-OH is 1. The Morgan fingerprint density at radius 1 is 1.16 bits per heavy atom. The van der Waals surface area contributed by atoms with Crippen LogP contribution in [0, 0.1) is 13.8 Å². The first-order chi connectivity index (χ1) is 9.08. The molecule has 0 saturated carbocycles. The zero-order chi connectivity index (χ0) is 13.8. The van der Waals surface area contributed by atoms with Crippen molar-refractivity contribution < 1.29 is 5.11 Å². The molecule has 3 heteroatoms. The standard InChI is InChI=1S/C16H18ClNO/c1-11-7-8-12(2)13(9-11)16(19)10-18-15-6-4-3-5-14(15)17/h3-9,16,18-19H,10H2,1-2H3. The fraction of sp³-hybridized carbons (Fsp3) is 0.250. The van der Waals surface area contributed by atoms with Crippen LogP contribution in [0.2, 0.25) is 5.02 Å². The molecule has 0 aliphatic heterocycles. The third-order valence-electron chi connectivity index (χ3n) is 3.15. The minimum atomic E-state index is -0.545. The normalized spacial score (nSPS) is 12.2. The number of hydrogen-bond acceptors (Lipinski definition) is 2. The van der Waals surface area contributed by atoms with Crippen molar-refractivity contribution in [2.45, 2.75) is 20.0 Å². The lowest BCUT2D eigenvalue weighted by Gasteiger charge is -2.16. The van der Waals surface area contributed by atoms with Crippen LogP contribution in [-0.4, -0.2) is 11.7 Å². The van der Waals surface area contributed by atoms with Gasteiger partial charge in [-0.05, 0) is 37.1 Å². The number of hydrogen-bond donors (Lipinski definition) is 2. The summed E-state index contributed by atoms with van der Waals surface area (Å²) < 4.78 is 0. The van der Waals surface area contributed by atoms with E-state index in [2.05, 4.69) is 5.32 Å². The number of aliphatic hydroxyl groups is 1. The fourth-order valence-electron chi connectivity index (χ4n) is 2.04. The van der Waals surface area contributed by atoms with E-state index in [4.69, 9.17) is 11.6 Å². The van der Waals surface area contributed by atoms with Gasteiger partial charge in [-0.15, -0.1) is 0 Å². The van der Waals surface area contributed by atoms with Crippen LogP contribution in [0.1, 0.15) is 22.8 Å². The molecule has 2 N–H and O–H groups in total. The van der Waals surface area contributed by atoms with Crippen molar-refractivity contribution in [3.8, 4) is 0 Å². The molecule has 0 heterocycles. The van der Waals surface area contributed by atoms with E-state index in [0.717, 1.165) is 22.4 Å². The first-order valence-corrected chi connectivity index (χ1v) is 6.69. The minimum absolute atomic E-state index is 0.439. The van der Waals surface area contributed by atoms with Gasteiger partial charge in [-0.3, -0.25) is 0 Å². The summed E-state index contributed by atoms with van der Waals surface area (Å²) in [5, 5.41) is 14.1. The molecule has 0 aliphatic rings. The van der Waals surface area contributed by atoms with Crippen molar-refractivity contribution in [2.24, 2.45) is 0 Å². The Morgan fingerprint density at radius 2 is 1.89 bits per heavy atom. The Hall–Kier alpha value is -1.51. The molecule has 0 radical (unpaired) electrons. The number of rotatable bonds is 4. The van der Waals surface area contributed by atoms with E-state index in [-0.39, 0.29) is 0 Å². The number of benzene rings is 2. The van der Waals surface area contributed by atoms with Gasteiger partial charge in [-0.2, -0.15) is 0 Å². The second-order valence-electron chi connectivity index (χ2n) is 4.74. The zero-order valence-electron chi connectivity index (χ0n) is 11.2. The Morgan fingerprint density at radius 3 is 2.63 bits per heavy atom. The number of anilines is 1. The molecule has 2 nitrogen and oxygen atoms in total. The maximum atomic E-state index is 10.3. The number of para-hydroxylation sites is 1. The van der Waals surface area contributed by atoms with Gasteiger partial charge in [0.05, 0.1) is 16.8 Å². The van der Waals surface area contributed by atoms with Crippen molar-refractivity contribution in [3.63, 3.8) is 0 Å². The van der Waals surface area contributed by atoms with E-state index in [0.29, 0.717) is 11.6 Å². The fourth-order valence-corrected chi connectivity index (χ4v) is 2.24. The summed E-state index contributed by atoms with van der Waals surface area (Å²) in [5.74, 6) is 0. The van der Waals surface area contributed by atoms with Crippen molar-refractivity contribution in [1.29, 1.82) is 0 Å². The number of aryl methyl sites for hydroxylation is 2. The molecule has 0 fully saturated rings. The van der Waals surface area contributed by atoms with Crippen LogP contribution in [0.15, 0.2) is 42.5 Å². The highest BCUT2D eigenvalue weighted by molar-refractivity contribution is 6.33. The molecule has 2 rings (SSSR count). The third-order valence-corrected chi connectivity index (χ3v) is 3.48. The van der Waals surface area contributed by atoms with E-state index in [9.17, 15) is 5.11 Å². The van der Waals surface area contributed by atoms with Gasteiger partial charge >= 0.3 is 0 Å². The first-order valence-electron chi connectivity index (χ1n) is 6.31. The maximum Gasteiger partial charge on any atom is 0.0964 e. The van der Waals surface area contributed by atoms with Crippen LogP contribution in [0.5, 0.6) is 0 Å². The highest BCUT2D eigenvalue weighted by atomic mass is 35.5. The Balaban J connectivity index is 2.07. The average molecular weight is 276 g/mol. The van der Waals surface area contributed by atoms with Crippen LogP contribution in [0.3, 0.4) is 0 Å². The van der Waals surface area contributed by atoms with Gasteiger partial charge in [0, 0.05) is 6.54 Å². The van der Waals surface area contributed by atoms with Gasteiger partial charge in [-0.1, -0.05) is 47.5 Å². The second kappa shape index (κ2) is 6.09. The van der Waals surface area contributed by atoms with Crippen molar-refractivity contribution in [1.82, 2.24) is 0 Å². The quantitative estimate of drug-likeness (QED) is 0.880. The smallest absolute Gasteiger partial charge is 0.0964 e. The summed E-state index contributed by atoms with van der Waals surface area (Å²) in [7, 11) is 0. The minimum Gasteiger partial charge on any atom is -0.387 e. The van der Waals surface area contributed by atoms with E-state index in [1.807, 2.05) is 56.3 Å². The average Bonchev–Trinajstić information content (AvgIpc) is 2.40. The molecule has 100 valence electrons. The van der Waals surface area contributed by atoms with Crippen LogP contribution in [0.4, 0.5) is 5.69 Å². The summed E-state index contributed by atoms with van der Waals surface area (Å²) in [5.41, 5.74) is 4.05. The lowest BCUT2D eigenvalue weighted by molar-refractivity contribution is 0.191. The molecular weight excluding hydrogens is 258 g/mol. The number of nitrogens with one attached hydrogen (secondary N) is 1. The molecule has 0 aliphatic carbocycles. The van der Waals surface area contributed by atoms with Gasteiger partial charge in [0.15, 0.2) is 0 Å². The molecule has 2 aromatic carbocycles. The van der Waals surface area contributed by atoms with Gasteiger partial charge in [-0.25, -0.2) is 0 Å². The molecule has 0 amide bonds. The second-order valence-corrected chi connectivity index (χ2v) is 5.14. The number of halogens is 1. The Labute approximate surface area is 119 Å². The van der Waals surface area contributed by atoms with Crippen LogP contribution in [0.25, 0.3) is 0 Å². The molecule has 0 saturated heterocycles. The van der Waals surface area contributed by atoms with E-state index >= 15 is 0 Å². The summed E-state index contributed by atoms with van der Waals surface area (Å²) >= 11 is 6.07. The van der Waals surface area contributed by atoms with Gasteiger partial charge in [0.2, 0.25) is 0 Å².